The van der Waals surface area contributed by atoms with E-state index in [0.717, 1.165) is 0 Å². The molecular weight excluding hydrogens is 138 g/mol. The molecule has 0 spiro atoms. The highest BCUT2D eigenvalue weighted by molar-refractivity contribution is 5.10. The predicted octanol–water partition coefficient (Wildman–Crippen LogP) is 1.94. The van der Waals surface area contributed by atoms with Crippen LogP contribution in [-0.2, 0) is 4.79 Å². The molecule has 1 saturated heterocycles. The Morgan fingerprint density at radius 1 is 1.18 bits per heavy atom. The average Bonchev–Trinajstić information content (AvgIpc) is 2.63. The highest BCUT2D eigenvalue weighted by Gasteiger charge is 2.06. The summed E-state index contributed by atoms with van der Waals surface area (Å²) in [4.78, 5) is 10.5. The fraction of sp³-hybridized carbons (Fsp3) is 0.889. The van der Waals surface area contributed by atoms with Gasteiger partial charge in [0.25, 0.3) is 0 Å². The zero-order chi connectivity index (χ0) is 9.11. The molecule has 0 unspecified atom stereocenters. The smallest absolute Gasteiger partial charge is 0.106 e. The lowest BCUT2D eigenvalue weighted by molar-refractivity contribution is -0.0979. The first kappa shape index (κ1) is 13.2. The van der Waals surface area contributed by atoms with E-state index in [9.17, 15) is 0 Å². The van der Waals surface area contributed by atoms with E-state index in [1.807, 2.05) is 20.6 Å². The van der Waals surface area contributed by atoms with Crippen molar-refractivity contribution in [1.82, 2.24) is 4.90 Å². The van der Waals surface area contributed by atoms with Crippen LogP contribution in [0.25, 0.3) is 0 Å². The van der Waals surface area contributed by atoms with Crippen LogP contribution in [0.5, 0.6) is 0 Å². The van der Waals surface area contributed by atoms with Gasteiger partial charge >= 0.3 is 0 Å². The molecule has 0 radical (unpaired) electrons. The van der Waals surface area contributed by atoms with E-state index in [-0.39, 0.29) is 0 Å². The van der Waals surface area contributed by atoms with Crippen molar-refractivity contribution in [3.05, 3.63) is 0 Å². The standard InChI is InChI=1S/C6H13N.C2H6.CH2O/c1-2-7-5-3-4-6-7;2*1-2/h2-6H2,1H3;1-2H3;1H2. The van der Waals surface area contributed by atoms with Crippen molar-refractivity contribution in [2.75, 3.05) is 19.6 Å². The Labute approximate surface area is 70.6 Å². The summed E-state index contributed by atoms with van der Waals surface area (Å²) >= 11 is 0. The molecule has 1 fully saturated rings. The average molecular weight is 159 g/mol. The first-order valence-corrected chi connectivity index (χ1v) is 4.44. The topological polar surface area (TPSA) is 20.3 Å². The van der Waals surface area contributed by atoms with Crippen molar-refractivity contribution >= 4 is 6.79 Å². The first-order chi connectivity index (χ1) is 5.43. The van der Waals surface area contributed by atoms with Crippen LogP contribution < -0.4 is 0 Å². The van der Waals surface area contributed by atoms with Crippen LogP contribution in [-0.4, -0.2) is 31.3 Å². The summed E-state index contributed by atoms with van der Waals surface area (Å²) in [5, 5.41) is 0. The third-order valence-corrected chi connectivity index (χ3v) is 1.65. The number of likely N-dealkylation sites (tertiary alicyclic amines) is 1. The van der Waals surface area contributed by atoms with Crippen molar-refractivity contribution in [1.29, 1.82) is 0 Å². The van der Waals surface area contributed by atoms with Gasteiger partial charge < -0.3 is 9.69 Å². The number of carbonyl (C=O) groups is 1. The summed E-state index contributed by atoms with van der Waals surface area (Å²) in [5.41, 5.74) is 0. The Morgan fingerprint density at radius 2 is 1.55 bits per heavy atom. The van der Waals surface area contributed by atoms with Crippen molar-refractivity contribution in [3.63, 3.8) is 0 Å². The van der Waals surface area contributed by atoms with Crippen LogP contribution in [0.2, 0.25) is 0 Å². The summed E-state index contributed by atoms with van der Waals surface area (Å²) in [6.45, 7) is 12.2. The van der Waals surface area contributed by atoms with Gasteiger partial charge in [0.15, 0.2) is 0 Å². The van der Waals surface area contributed by atoms with Gasteiger partial charge in [-0.15, -0.1) is 0 Å². The summed E-state index contributed by atoms with van der Waals surface area (Å²) in [7, 11) is 0. The van der Waals surface area contributed by atoms with Gasteiger partial charge in [-0.3, -0.25) is 0 Å². The number of carbonyl (C=O) groups excluding carboxylic acids is 1. The Morgan fingerprint density at radius 3 is 1.73 bits per heavy atom. The number of nitrogens with zero attached hydrogens (tertiary/aromatic N) is 1. The first-order valence-electron chi connectivity index (χ1n) is 4.44. The molecular formula is C9H21NO. The molecule has 1 aliphatic heterocycles. The third kappa shape index (κ3) is 7.53. The highest BCUT2D eigenvalue weighted by atomic mass is 16.1. The summed E-state index contributed by atoms with van der Waals surface area (Å²) in [6.07, 6.45) is 2.85. The molecule has 0 aliphatic carbocycles. The highest BCUT2D eigenvalue weighted by Crippen LogP contribution is 2.04. The number of hydrogen-bond acceptors (Lipinski definition) is 2. The molecule has 0 aromatic heterocycles. The molecule has 1 rings (SSSR count). The molecule has 0 amide bonds. The van der Waals surface area contributed by atoms with E-state index in [1.54, 1.807) is 0 Å². The normalized spacial score (nSPS) is 15.9. The van der Waals surface area contributed by atoms with Crippen molar-refractivity contribution < 1.29 is 4.79 Å². The fourth-order valence-corrected chi connectivity index (χ4v) is 1.10. The minimum Gasteiger partial charge on any atom is -0.307 e. The molecule has 1 aliphatic rings. The van der Waals surface area contributed by atoms with Gasteiger partial charge in [-0.25, -0.2) is 0 Å². The zero-order valence-corrected chi connectivity index (χ0v) is 8.10. The third-order valence-electron chi connectivity index (χ3n) is 1.65. The molecule has 68 valence electrons. The van der Waals surface area contributed by atoms with Gasteiger partial charge in [-0.2, -0.15) is 0 Å². The Balaban J connectivity index is 0. The van der Waals surface area contributed by atoms with Gasteiger partial charge in [0, 0.05) is 0 Å². The number of hydrogen-bond donors (Lipinski definition) is 0. The van der Waals surface area contributed by atoms with E-state index >= 15 is 0 Å². The van der Waals surface area contributed by atoms with E-state index in [0.29, 0.717) is 0 Å². The summed E-state index contributed by atoms with van der Waals surface area (Å²) < 4.78 is 0. The molecule has 2 heteroatoms. The fourth-order valence-electron chi connectivity index (χ4n) is 1.10. The second-order valence-electron chi connectivity index (χ2n) is 2.14. The minimum absolute atomic E-state index is 1.25. The Bertz CT molecular complexity index is 60.6. The lowest BCUT2D eigenvalue weighted by Gasteiger charge is -2.08. The van der Waals surface area contributed by atoms with Gasteiger partial charge in [0.2, 0.25) is 0 Å². The molecule has 2 nitrogen and oxygen atoms in total. The van der Waals surface area contributed by atoms with Gasteiger partial charge in [0.05, 0.1) is 0 Å². The van der Waals surface area contributed by atoms with Gasteiger partial charge in [-0.05, 0) is 32.5 Å². The van der Waals surface area contributed by atoms with Crippen LogP contribution in [0, 0.1) is 0 Å². The van der Waals surface area contributed by atoms with E-state index in [1.165, 1.54) is 32.5 Å². The van der Waals surface area contributed by atoms with Crippen LogP contribution in [0.1, 0.15) is 33.6 Å². The van der Waals surface area contributed by atoms with Crippen LogP contribution >= 0.6 is 0 Å². The van der Waals surface area contributed by atoms with Crippen LogP contribution in [0.3, 0.4) is 0 Å². The predicted molar refractivity (Wildman–Crippen MR) is 49.8 cm³/mol. The second kappa shape index (κ2) is 12.3. The lowest BCUT2D eigenvalue weighted by Crippen LogP contribution is -2.17. The molecule has 11 heavy (non-hydrogen) atoms. The van der Waals surface area contributed by atoms with Crippen molar-refractivity contribution in [2.45, 2.75) is 33.6 Å². The van der Waals surface area contributed by atoms with Gasteiger partial charge in [0.1, 0.15) is 6.79 Å². The van der Waals surface area contributed by atoms with Crippen LogP contribution in [0.4, 0.5) is 0 Å². The maximum absolute atomic E-state index is 8.00. The van der Waals surface area contributed by atoms with Crippen molar-refractivity contribution in [2.24, 2.45) is 0 Å². The molecule has 0 atom stereocenters. The SMILES string of the molecule is C=O.CC.CCN1CCCC1. The van der Waals surface area contributed by atoms with Crippen LogP contribution in [0.15, 0.2) is 0 Å². The molecule has 0 aromatic carbocycles. The Hall–Kier alpha value is -0.370. The monoisotopic (exact) mass is 159 g/mol. The van der Waals surface area contributed by atoms with E-state index in [2.05, 4.69) is 11.8 Å². The largest absolute Gasteiger partial charge is 0.307 e. The van der Waals surface area contributed by atoms with Gasteiger partial charge in [-0.1, -0.05) is 20.8 Å². The zero-order valence-electron chi connectivity index (χ0n) is 8.10. The van der Waals surface area contributed by atoms with E-state index in [4.69, 9.17) is 4.79 Å². The molecule has 1 heterocycles. The quantitative estimate of drug-likeness (QED) is 0.583. The summed E-state index contributed by atoms with van der Waals surface area (Å²) in [6, 6.07) is 0. The maximum atomic E-state index is 8.00. The molecule has 0 saturated carbocycles. The van der Waals surface area contributed by atoms with E-state index < -0.39 is 0 Å². The Kier molecular flexibility index (Phi) is 14.8. The molecule has 0 bridgehead atoms. The number of rotatable bonds is 1. The molecule has 0 aromatic rings. The lowest BCUT2D eigenvalue weighted by atomic mass is 10.4. The maximum Gasteiger partial charge on any atom is 0.106 e. The second-order valence-corrected chi connectivity index (χ2v) is 2.14. The minimum atomic E-state index is 1.25. The summed E-state index contributed by atoms with van der Waals surface area (Å²) in [5.74, 6) is 0. The van der Waals surface area contributed by atoms with Crippen molar-refractivity contribution in [3.8, 4) is 0 Å². The molecule has 0 N–H and O–H groups in total.